The van der Waals surface area contributed by atoms with E-state index in [1.807, 2.05) is 0 Å². The number of thiophene rings is 1. The molecule has 10 rings (SSSR count). The predicted octanol–water partition coefficient (Wildman–Crippen LogP) is 14.3. The van der Waals surface area contributed by atoms with E-state index in [4.69, 9.17) is 27.4 Å². The third kappa shape index (κ3) is 4.76. The average molecular weight is 685 g/mol. The van der Waals surface area contributed by atoms with Gasteiger partial charge in [0.1, 0.15) is 0 Å². The van der Waals surface area contributed by atoms with Gasteiger partial charge < -0.3 is 4.90 Å². The molecule has 0 aliphatic carbocycles. The highest BCUT2D eigenvalue weighted by Crippen LogP contribution is 2.47. The molecule has 9 aromatic carbocycles. The molecule has 0 saturated heterocycles. The highest BCUT2D eigenvalue weighted by molar-refractivity contribution is 7.26. The lowest BCUT2D eigenvalue weighted by Gasteiger charge is -2.26. The number of benzene rings is 9. The third-order valence-corrected chi connectivity index (χ3v) is 8.82. The molecule has 1 heterocycles. The summed E-state index contributed by atoms with van der Waals surface area (Å²) in [5.41, 5.74) is -6.31. The zero-order valence-corrected chi connectivity index (χ0v) is 25.7. The number of nitrogens with zero attached hydrogens (tertiary/aromatic N) is 1. The first-order valence-electron chi connectivity index (χ1n) is 30.1. The largest absolute Gasteiger partial charge is 0.310 e. The molecule has 0 aliphatic rings. The third-order valence-electron chi connectivity index (χ3n) is 7.69. The maximum absolute atomic E-state index is 10.2. The fraction of sp³-hybridized carbons (Fsp3) is 0. The van der Waals surface area contributed by atoms with Gasteiger partial charge in [-0.2, -0.15) is 0 Å². The Morgan fingerprint density at radius 2 is 1.02 bits per heavy atom. The van der Waals surface area contributed by atoms with Crippen molar-refractivity contribution in [1.82, 2.24) is 0 Å². The molecule has 0 bridgehead atoms. The minimum Gasteiger partial charge on any atom is -0.310 e. The van der Waals surface area contributed by atoms with Crippen LogP contribution in [0.3, 0.4) is 0 Å². The van der Waals surface area contributed by atoms with E-state index in [2.05, 4.69) is 0 Å². The fourth-order valence-electron chi connectivity index (χ4n) is 5.52. The Morgan fingerprint density at radius 1 is 0.380 bits per heavy atom. The molecule has 2 heteroatoms. The molecule has 0 fully saturated rings. The highest BCUT2D eigenvalue weighted by atomic mass is 32.1. The number of hydrogen-bond acceptors (Lipinski definition) is 2. The van der Waals surface area contributed by atoms with E-state index in [0.717, 1.165) is 0 Å². The topological polar surface area (TPSA) is 3.24 Å². The SMILES string of the molecule is [2H]c1c([2H])c([2H])c(N(c2c([2H])c([2H])c(-c3c([2H])c([2H])c4c([2H])c([2H])c([2H])c([2H])c4c3[2H])c([2H])c2[2H])c2c([2H])c([2H])c3sc4c5c([2H])c([2H])c([2H])c([2H])c5c([2H])c(-c5c([2H])c([2H])c([2H])c6c([2H])c([2H])c([2H])c([2H])c56)c4c3c2[2H])c([2H])c1[2H]. The summed E-state index contributed by atoms with van der Waals surface area (Å²) in [7, 11) is 0. The summed E-state index contributed by atoms with van der Waals surface area (Å²) >= 11 is 0.512. The van der Waals surface area contributed by atoms with Gasteiger partial charge in [0.15, 0.2) is 0 Å². The molecule has 1 nitrogen and oxygen atoms in total. The van der Waals surface area contributed by atoms with Crippen molar-refractivity contribution in [2.24, 2.45) is 0 Å². The monoisotopic (exact) mass is 684 g/mol. The van der Waals surface area contributed by atoms with Crippen molar-refractivity contribution in [1.29, 1.82) is 0 Å². The maximum atomic E-state index is 10.2. The Labute approximate surface area is 338 Å². The Kier molecular flexibility index (Phi) is 2.68. The summed E-state index contributed by atoms with van der Waals surface area (Å²) in [6.45, 7) is 0. The molecule has 10 aromatic rings. The molecule has 0 unspecified atom stereocenters. The average Bonchev–Trinajstić information content (AvgIpc) is 4.08. The molecule has 1 aromatic heterocycles. The van der Waals surface area contributed by atoms with E-state index in [1.54, 1.807) is 0 Å². The van der Waals surface area contributed by atoms with Crippen molar-refractivity contribution in [3.63, 3.8) is 0 Å². The van der Waals surface area contributed by atoms with Crippen molar-refractivity contribution in [2.45, 2.75) is 0 Å². The second-order valence-electron chi connectivity index (χ2n) is 10.5. The van der Waals surface area contributed by atoms with Gasteiger partial charge in [-0.25, -0.2) is 0 Å². The van der Waals surface area contributed by atoms with Crippen LogP contribution in [0, 0.1) is 0 Å². The number of hydrogen-bond donors (Lipinski definition) is 0. The summed E-state index contributed by atoms with van der Waals surface area (Å²) in [6, 6.07) is -30.0. The molecule has 50 heavy (non-hydrogen) atoms. The van der Waals surface area contributed by atoms with Crippen molar-refractivity contribution in [3.8, 4) is 22.3 Å². The number of anilines is 3. The predicted molar refractivity (Wildman–Crippen MR) is 217 cm³/mol. The second kappa shape index (κ2) is 11.7. The van der Waals surface area contributed by atoms with E-state index in [-0.39, 0.29) is 4.70 Å². The van der Waals surface area contributed by atoms with Gasteiger partial charge in [-0.1, -0.05) is 133 Å². The Hall–Kier alpha value is -6.22. The Balaban J connectivity index is 1.45. The minimum absolute atomic E-state index is 0.305. The van der Waals surface area contributed by atoms with Crippen LogP contribution in [0.2, 0.25) is 0 Å². The summed E-state index contributed by atoms with van der Waals surface area (Å²) in [5.74, 6) is 0. The molecule has 0 spiro atoms. The van der Waals surface area contributed by atoms with E-state index in [9.17, 15) is 15.1 Å². The van der Waals surface area contributed by atoms with E-state index in [0.29, 0.717) is 16.2 Å². The van der Waals surface area contributed by atoms with Crippen molar-refractivity contribution >= 4 is 80.9 Å². The van der Waals surface area contributed by atoms with Crippen LogP contribution in [0.15, 0.2) is 187 Å². The molecular weight excluding hydrogens is 623 g/mol. The van der Waals surface area contributed by atoms with E-state index in [1.165, 1.54) is 0 Å². The summed E-state index contributed by atoms with van der Waals surface area (Å²) in [5, 5.41) is -4.54. The van der Waals surface area contributed by atoms with Gasteiger partial charge in [0.05, 0.1) is 42.5 Å². The van der Waals surface area contributed by atoms with Crippen molar-refractivity contribution in [2.75, 3.05) is 4.90 Å². The van der Waals surface area contributed by atoms with Gasteiger partial charge in [-0.05, 0) is 109 Å². The van der Waals surface area contributed by atoms with E-state index >= 15 is 0 Å². The molecular formula is C48H31NS. The first kappa shape index (κ1) is 11.4. The number of rotatable bonds is 5. The zero-order valence-electron chi connectivity index (χ0n) is 55.9. The van der Waals surface area contributed by atoms with Gasteiger partial charge in [0.25, 0.3) is 0 Å². The number of para-hydroxylation sites is 1. The van der Waals surface area contributed by atoms with E-state index < -0.39 is 274 Å². The maximum Gasteiger partial charge on any atom is 0.0652 e. The smallest absolute Gasteiger partial charge is 0.0652 e. The first-order valence-corrected chi connectivity index (χ1v) is 15.4. The second-order valence-corrected chi connectivity index (χ2v) is 11.5. The molecule has 0 amide bonds. The minimum atomic E-state index is -1.24. The summed E-state index contributed by atoms with van der Waals surface area (Å²) in [4.78, 5) is 0.402. The lowest BCUT2D eigenvalue weighted by molar-refractivity contribution is 1.29. The van der Waals surface area contributed by atoms with Crippen LogP contribution in [0.1, 0.15) is 42.5 Å². The Morgan fingerprint density at radius 3 is 1.86 bits per heavy atom. The van der Waals surface area contributed by atoms with Crippen LogP contribution >= 0.6 is 11.3 Å². The Bertz CT molecular complexity index is 4600. The zero-order chi connectivity index (χ0) is 60.0. The van der Waals surface area contributed by atoms with Crippen LogP contribution in [-0.4, -0.2) is 0 Å². The van der Waals surface area contributed by atoms with Crippen LogP contribution in [0.25, 0.3) is 74.7 Å². The summed E-state index contributed by atoms with van der Waals surface area (Å²) < 4.78 is 279. The molecule has 0 atom stereocenters. The van der Waals surface area contributed by atoms with Gasteiger partial charge in [-0.15, -0.1) is 11.3 Å². The molecule has 0 N–H and O–H groups in total. The van der Waals surface area contributed by atoms with Crippen LogP contribution < -0.4 is 4.90 Å². The van der Waals surface area contributed by atoms with Crippen LogP contribution in [0.4, 0.5) is 17.1 Å². The first-order chi connectivity index (χ1) is 37.7. The van der Waals surface area contributed by atoms with Crippen molar-refractivity contribution in [3.05, 3.63) is 187 Å². The van der Waals surface area contributed by atoms with Crippen molar-refractivity contribution < 1.29 is 42.5 Å². The molecule has 234 valence electrons. The van der Waals surface area contributed by atoms with Crippen LogP contribution in [0.5, 0.6) is 0 Å². The standard InChI is InChI=1S/C48H31NS/c1-2-16-38(17-3-1)49(39-25-23-33(24-26-39)36-22-21-32-11-4-5-13-35(32)29-36)40-27-28-46-45(31-40)47-44(30-37-14-7-9-19-42(37)48(47)50-46)43-20-10-15-34-12-6-8-18-41(34)43/h1-31H/i1D,2D,3D,4D,5D,6D,7D,8D,9D,10D,11D,12D,13D,14D,15D,16D,17D,18D,19D,20D,21D,22D,23D,24D,25D,26D,27D,28D,29D,30D,31D. The molecule has 0 radical (unpaired) electrons. The lowest BCUT2D eigenvalue weighted by Crippen LogP contribution is -2.09. The summed E-state index contributed by atoms with van der Waals surface area (Å²) in [6.07, 6.45) is 0. The van der Waals surface area contributed by atoms with Gasteiger partial charge in [0.2, 0.25) is 0 Å². The van der Waals surface area contributed by atoms with Gasteiger partial charge in [-0.3, -0.25) is 0 Å². The lowest BCUT2D eigenvalue weighted by atomic mass is 9.92. The quantitative estimate of drug-likeness (QED) is 0.174. The normalized spacial score (nSPS) is 20.3. The number of fused-ring (bicyclic) bond motifs is 7. The molecule has 0 saturated carbocycles. The van der Waals surface area contributed by atoms with Crippen LogP contribution in [-0.2, 0) is 0 Å². The molecule has 0 aliphatic heterocycles. The highest BCUT2D eigenvalue weighted by Gasteiger charge is 2.19. The van der Waals surface area contributed by atoms with Gasteiger partial charge >= 0.3 is 0 Å². The fourth-order valence-corrected chi connectivity index (χ4v) is 6.64. The van der Waals surface area contributed by atoms with Gasteiger partial charge in [0, 0.05) is 37.2 Å².